The van der Waals surface area contributed by atoms with Crippen LogP contribution in [0, 0.1) is 5.52 Å². The van der Waals surface area contributed by atoms with E-state index in [4.69, 9.17) is 1.41 Å². The third-order valence-corrected chi connectivity index (χ3v) is 0.268. The predicted molar refractivity (Wildman–Crippen MR) is 20.8 cm³/mol. The van der Waals surface area contributed by atoms with Crippen LogP contribution in [0.2, 0.25) is 1.41 Å². The molecule has 0 rings (SSSR count). The molecule has 0 radical (unpaired) electrons. The maximum atomic E-state index is 6.14. The summed E-state index contributed by atoms with van der Waals surface area (Å²) < 4.78 is 6.14. The van der Waals surface area contributed by atoms with E-state index >= 15 is 0 Å². The molecule has 0 spiro atoms. The molecule has 0 fully saturated rings. The molecular weight excluding hydrogens is 80.0 g/mol. The van der Waals surface area contributed by atoms with Crippen LogP contribution in [-0.2, 0) is 0 Å². The zero-order valence-electron chi connectivity index (χ0n) is 4.50. The molecule has 0 unspecified atom stereocenters. The Bertz CT molecular complexity index is 67.8. The molecule has 0 aliphatic rings. The van der Waals surface area contributed by atoms with Gasteiger partial charge >= 0.3 is 0 Å². The zero-order valence-corrected chi connectivity index (χ0v) is 3.50. The Labute approximate surface area is 37.3 Å². The highest BCUT2D eigenvalue weighted by Gasteiger charge is 1.60. The topological polar surface area (TPSA) is 60.9 Å². The van der Waals surface area contributed by atoms with Crippen LogP contribution in [0.4, 0.5) is 0 Å². The summed E-state index contributed by atoms with van der Waals surface area (Å²) in [5.74, 6) is 0. The molecule has 0 aromatic heterocycles. The number of nitrogens with one attached hydrogen (secondary N) is 1. The Kier molecular flexibility index (Phi) is 2.37. The molecule has 4 heteroatoms. The standard InChI is InChI=1S/C2H6N4/c1-4-6-2-5-3/h3H,2H2,1H3/i/hD. The highest BCUT2D eigenvalue weighted by Crippen LogP contribution is 1.68. The Morgan fingerprint density at radius 1 is 2.00 bits per heavy atom. The van der Waals surface area contributed by atoms with Crippen molar-refractivity contribution in [2.24, 2.45) is 15.3 Å². The highest BCUT2D eigenvalue weighted by atomic mass is 15.2. The molecule has 0 heterocycles. The molecule has 0 aromatic carbocycles. The lowest BCUT2D eigenvalue weighted by Crippen LogP contribution is -1.61. The first-order valence-electron chi connectivity index (χ1n) is 1.93. The van der Waals surface area contributed by atoms with Gasteiger partial charge in [-0.1, -0.05) is 0 Å². The van der Waals surface area contributed by atoms with Crippen molar-refractivity contribution < 1.29 is 1.41 Å². The molecule has 1 N–H and O–H groups in total. The fourth-order valence-electron chi connectivity index (χ4n) is 0.0915. The van der Waals surface area contributed by atoms with Gasteiger partial charge < -0.3 is 0 Å². The highest BCUT2D eigenvalue weighted by molar-refractivity contribution is 4.18. The number of hydrogen-bond acceptors (Lipinski definition) is 4. The van der Waals surface area contributed by atoms with E-state index in [1.54, 1.807) is 7.05 Å². The summed E-state index contributed by atoms with van der Waals surface area (Å²) in [7, 11) is 1.54. The number of rotatable bonds is 2. The summed E-state index contributed by atoms with van der Waals surface area (Å²) >= 11 is 0. The summed E-state index contributed by atoms with van der Waals surface area (Å²) in [4.78, 5) is 0. The smallest absolute Gasteiger partial charge is 0.208 e. The second kappa shape index (κ2) is 4.20. The first-order chi connectivity index (χ1) is 3.41. The largest absolute Gasteiger partial charge is 0.213 e. The lowest BCUT2D eigenvalue weighted by molar-refractivity contribution is 0.857. The maximum absolute atomic E-state index is 6.14. The van der Waals surface area contributed by atoms with Gasteiger partial charge in [0.25, 0.3) is 0 Å². The minimum absolute atomic E-state index is 0.167. The van der Waals surface area contributed by atoms with E-state index in [2.05, 4.69) is 20.9 Å². The van der Waals surface area contributed by atoms with Crippen LogP contribution in [0.5, 0.6) is 0 Å². The third-order valence-electron chi connectivity index (χ3n) is 0.268. The Hall–Kier alpha value is -0.800. The summed E-state index contributed by atoms with van der Waals surface area (Å²) in [6.45, 7) is 0.167. The van der Waals surface area contributed by atoms with Gasteiger partial charge in [0.2, 0.25) is 1.41 Å². The average molecular weight is 87.1 g/mol. The number of azo groups is 1. The second-order valence-electron chi connectivity index (χ2n) is 0.624. The first-order valence-corrected chi connectivity index (χ1v) is 1.48. The summed E-state index contributed by atoms with van der Waals surface area (Å²) in [5, 5.41) is 9.96. The van der Waals surface area contributed by atoms with Crippen molar-refractivity contribution in [1.29, 1.82) is 5.52 Å². The molecule has 34 valence electrons. The van der Waals surface area contributed by atoms with Crippen molar-refractivity contribution in [3.05, 3.63) is 0 Å². The number of hydrogen-bond donors (Lipinski definition) is 1. The van der Waals surface area contributed by atoms with Crippen molar-refractivity contribution >= 4 is 0 Å². The third kappa shape index (κ3) is 3.20. The van der Waals surface area contributed by atoms with Gasteiger partial charge in [0.05, 0.1) is 0 Å². The maximum Gasteiger partial charge on any atom is 0.213 e. The molecule has 0 saturated carbocycles. The number of nitrogens with zero attached hydrogens (tertiary/aromatic N) is 3. The molecule has 0 amide bonds. The molecule has 4 nitrogen and oxygen atoms in total. The molecular formula is C2H6N4. The van der Waals surface area contributed by atoms with E-state index in [-0.39, 0.29) is 6.67 Å². The van der Waals surface area contributed by atoms with Gasteiger partial charge in [-0.15, -0.1) is 0 Å². The minimum atomic E-state index is 0.167. The van der Waals surface area contributed by atoms with Gasteiger partial charge in [0.15, 0.2) is 6.67 Å². The van der Waals surface area contributed by atoms with Gasteiger partial charge in [-0.25, -0.2) is 5.52 Å². The van der Waals surface area contributed by atoms with Crippen molar-refractivity contribution in [3.63, 3.8) is 0 Å². The van der Waals surface area contributed by atoms with Gasteiger partial charge in [-0.3, -0.25) is 0 Å². The summed E-state index contributed by atoms with van der Waals surface area (Å²) in [5.41, 5.74) is 2.69. The van der Waals surface area contributed by atoms with Crippen molar-refractivity contribution in [3.8, 4) is 0 Å². The van der Waals surface area contributed by atoms with Gasteiger partial charge in [-0.05, 0) is 0 Å². The molecule has 0 saturated heterocycles. The normalized spacial score (nSPS) is 13.8. The van der Waals surface area contributed by atoms with Gasteiger partial charge in [-0.2, -0.15) is 15.3 Å². The zero-order chi connectivity index (χ0) is 5.54. The van der Waals surface area contributed by atoms with E-state index < -0.39 is 0 Å². The molecule has 0 atom stereocenters. The van der Waals surface area contributed by atoms with Crippen LogP contribution in [0.3, 0.4) is 0 Å². The van der Waals surface area contributed by atoms with Crippen LogP contribution in [0.15, 0.2) is 15.3 Å². The first kappa shape index (κ1) is 3.39. The molecule has 0 bridgehead atoms. The van der Waals surface area contributed by atoms with Crippen LogP contribution < -0.4 is 0 Å². The minimum Gasteiger partial charge on any atom is -0.208 e. The quantitative estimate of drug-likeness (QED) is 0.489. The van der Waals surface area contributed by atoms with Crippen LogP contribution >= 0.6 is 0 Å². The van der Waals surface area contributed by atoms with E-state index in [0.29, 0.717) is 0 Å². The molecule has 0 aliphatic carbocycles. The van der Waals surface area contributed by atoms with Crippen molar-refractivity contribution in [2.75, 3.05) is 13.7 Å². The lowest BCUT2D eigenvalue weighted by Gasteiger charge is -1.69. The second-order valence-corrected chi connectivity index (χ2v) is 0.624. The van der Waals surface area contributed by atoms with Crippen LogP contribution in [0.1, 0.15) is 0 Å². The summed E-state index contributed by atoms with van der Waals surface area (Å²) in [6, 6.07) is 0. The Balaban J connectivity index is 2.98. The molecule has 0 aromatic rings. The van der Waals surface area contributed by atoms with Gasteiger partial charge in [0.1, 0.15) is 0 Å². The Morgan fingerprint density at radius 2 is 2.83 bits per heavy atom. The fraction of sp³-hybridized carbons (Fsp3) is 1.00. The monoisotopic (exact) mass is 87.1 g/mol. The molecule has 0 aliphatic heterocycles. The van der Waals surface area contributed by atoms with E-state index in [1.165, 1.54) is 0 Å². The van der Waals surface area contributed by atoms with Crippen molar-refractivity contribution in [1.82, 2.24) is 0 Å². The predicted octanol–water partition coefficient (Wildman–Crippen LogP) is 1.06. The Morgan fingerprint density at radius 3 is 3.33 bits per heavy atom. The summed E-state index contributed by atoms with van der Waals surface area (Å²) in [6.07, 6.45) is 0. The average Bonchev–Trinajstić information content (AvgIpc) is 1.69. The van der Waals surface area contributed by atoms with Gasteiger partial charge in [0, 0.05) is 7.05 Å². The van der Waals surface area contributed by atoms with E-state index in [1.807, 2.05) is 0 Å². The van der Waals surface area contributed by atoms with E-state index in [9.17, 15) is 0 Å². The lowest BCUT2D eigenvalue weighted by atomic mass is 11.2. The van der Waals surface area contributed by atoms with Crippen LogP contribution in [0.25, 0.3) is 0 Å². The van der Waals surface area contributed by atoms with E-state index in [0.717, 1.165) is 0 Å². The SMILES string of the molecule is [2H]N=NCN=NC. The fourth-order valence-corrected chi connectivity index (χ4v) is 0.0915. The van der Waals surface area contributed by atoms with Crippen LogP contribution in [-0.4, -0.2) is 13.7 Å². The molecule has 6 heavy (non-hydrogen) atoms. The van der Waals surface area contributed by atoms with Crippen molar-refractivity contribution in [2.45, 2.75) is 0 Å².